The minimum absolute atomic E-state index is 0. The van der Waals surface area contributed by atoms with E-state index < -0.39 is 0 Å². The van der Waals surface area contributed by atoms with Crippen molar-refractivity contribution in [2.45, 2.75) is 52.7 Å². The molecule has 1 atom stereocenters. The monoisotopic (exact) mass is 487 g/mol. The van der Waals surface area contributed by atoms with E-state index in [1.165, 1.54) is 0 Å². The van der Waals surface area contributed by atoms with Crippen LogP contribution in [0.3, 0.4) is 0 Å². The van der Waals surface area contributed by atoms with Crippen molar-refractivity contribution < 1.29 is 9.26 Å². The molecule has 150 valence electrons. The fourth-order valence-corrected chi connectivity index (χ4v) is 2.20. The van der Waals surface area contributed by atoms with Crippen LogP contribution in [-0.4, -0.2) is 35.8 Å². The number of hydrogen-bond donors (Lipinski definition) is 2. The van der Waals surface area contributed by atoms with E-state index >= 15 is 0 Å². The number of nitrogens with one attached hydrogen (secondary N) is 2. The van der Waals surface area contributed by atoms with Crippen LogP contribution in [0.15, 0.2) is 33.8 Å². The average Bonchev–Trinajstić information content (AvgIpc) is 3.06. The van der Waals surface area contributed by atoms with Gasteiger partial charge in [0.25, 0.3) is 0 Å². The Morgan fingerprint density at radius 1 is 1.26 bits per heavy atom. The lowest BCUT2D eigenvalue weighted by Crippen LogP contribution is -2.41. The lowest BCUT2D eigenvalue weighted by Gasteiger charge is -2.18. The van der Waals surface area contributed by atoms with Gasteiger partial charge < -0.3 is 19.9 Å². The highest BCUT2D eigenvalue weighted by Gasteiger charge is 2.21. The van der Waals surface area contributed by atoms with E-state index in [4.69, 9.17) is 9.26 Å². The van der Waals surface area contributed by atoms with E-state index in [0.29, 0.717) is 30.8 Å². The highest BCUT2D eigenvalue weighted by molar-refractivity contribution is 14.0. The van der Waals surface area contributed by atoms with Crippen LogP contribution in [0.1, 0.15) is 45.0 Å². The topological polar surface area (TPSA) is 84.6 Å². The summed E-state index contributed by atoms with van der Waals surface area (Å²) in [7, 11) is 1.72. The van der Waals surface area contributed by atoms with Gasteiger partial charge in [-0.25, -0.2) is 0 Å². The Hall–Kier alpha value is -1.84. The van der Waals surface area contributed by atoms with Gasteiger partial charge in [-0.05, 0) is 25.5 Å². The maximum atomic E-state index is 5.96. The SMILES string of the molecule is CN=C(NCc1noc(C(C)(C)C)n1)NCC(C)Oc1ccccc1C.I. The van der Waals surface area contributed by atoms with Crippen LogP contribution in [0.25, 0.3) is 0 Å². The number of guanidine groups is 1. The second kappa shape index (κ2) is 10.5. The Kier molecular flexibility index (Phi) is 9.01. The third kappa shape index (κ3) is 7.36. The summed E-state index contributed by atoms with van der Waals surface area (Å²) in [6, 6.07) is 7.98. The molecule has 0 aliphatic carbocycles. The Balaban J connectivity index is 0.00000364. The highest BCUT2D eigenvalue weighted by Crippen LogP contribution is 2.19. The van der Waals surface area contributed by atoms with Crippen molar-refractivity contribution >= 4 is 29.9 Å². The number of aliphatic imine (C=N–C) groups is 1. The Labute approximate surface area is 178 Å². The van der Waals surface area contributed by atoms with Gasteiger partial charge in [-0.1, -0.05) is 44.1 Å². The number of nitrogens with zero attached hydrogens (tertiary/aromatic N) is 3. The maximum Gasteiger partial charge on any atom is 0.232 e. The maximum absolute atomic E-state index is 5.96. The van der Waals surface area contributed by atoms with Crippen molar-refractivity contribution in [1.82, 2.24) is 20.8 Å². The summed E-state index contributed by atoms with van der Waals surface area (Å²) in [6.07, 6.45) is -0.00711. The molecule has 1 heterocycles. The lowest BCUT2D eigenvalue weighted by molar-refractivity contribution is 0.222. The zero-order valence-corrected chi connectivity index (χ0v) is 19.2. The predicted molar refractivity (Wildman–Crippen MR) is 118 cm³/mol. The quantitative estimate of drug-likeness (QED) is 0.369. The van der Waals surface area contributed by atoms with Gasteiger partial charge in [0, 0.05) is 12.5 Å². The first kappa shape index (κ1) is 23.2. The minimum Gasteiger partial charge on any atom is -0.489 e. The van der Waals surface area contributed by atoms with Crippen LogP contribution >= 0.6 is 24.0 Å². The molecular weight excluding hydrogens is 457 g/mol. The average molecular weight is 487 g/mol. The van der Waals surface area contributed by atoms with E-state index in [0.717, 1.165) is 11.3 Å². The number of ether oxygens (including phenoxy) is 1. The third-order valence-electron chi connectivity index (χ3n) is 3.73. The number of hydrogen-bond acceptors (Lipinski definition) is 5. The summed E-state index contributed by atoms with van der Waals surface area (Å²) in [5.74, 6) is 2.78. The molecule has 0 aliphatic heterocycles. The molecule has 0 bridgehead atoms. The van der Waals surface area contributed by atoms with Crippen molar-refractivity contribution in [3.8, 4) is 5.75 Å². The molecule has 2 aromatic rings. The fraction of sp³-hybridized carbons (Fsp3) is 0.526. The fourth-order valence-electron chi connectivity index (χ4n) is 2.20. The Bertz CT molecular complexity index is 740. The number of halogens is 1. The molecule has 0 fully saturated rings. The highest BCUT2D eigenvalue weighted by atomic mass is 127. The van der Waals surface area contributed by atoms with E-state index in [1.807, 2.05) is 58.9 Å². The summed E-state index contributed by atoms with van der Waals surface area (Å²) >= 11 is 0. The molecule has 27 heavy (non-hydrogen) atoms. The van der Waals surface area contributed by atoms with Crippen molar-refractivity contribution in [3.63, 3.8) is 0 Å². The summed E-state index contributed by atoms with van der Waals surface area (Å²) in [6.45, 7) is 11.2. The van der Waals surface area contributed by atoms with Gasteiger partial charge >= 0.3 is 0 Å². The van der Waals surface area contributed by atoms with Gasteiger partial charge in [0.2, 0.25) is 5.89 Å². The smallest absolute Gasteiger partial charge is 0.232 e. The lowest BCUT2D eigenvalue weighted by atomic mass is 9.97. The molecule has 0 amide bonds. The molecular formula is C19H30IN5O2. The summed E-state index contributed by atoms with van der Waals surface area (Å²) < 4.78 is 11.2. The molecule has 0 saturated carbocycles. The van der Waals surface area contributed by atoms with Crippen molar-refractivity contribution in [2.24, 2.45) is 4.99 Å². The molecule has 8 heteroatoms. The number of para-hydroxylation sites is 1. The Morgan fingerprint density at radius 2 is 1.96 bits per heavy atom. The molecule has 1 aromatic heterocycles. The van der Waals surface area contributed by atoms with Crippen LogP contribution in [-0.2, 0) is 12.0 Å². The molecule has 2 rings (SSSR count). The van der Waals surface area contributed by atoms with Gasteiger partial charge in [0.1, 0.15) is 11.9 Å². The first-order valence-corrected chi connectivity index (χ1v) is 8.79. The molecule has 1 aromatic carbocycles. The van der Waals surface area contributed by atoms with Gasteiger partial charge in [-0.15, -0.1) is 24.0 Å². The molecule has 7 nitrogen and oxygen atoms in total. The summed E-state index contributed by atoms with van der Waals surface area (Å²) in [4.78, 5) is 8.61. The standard InChI is InChI=1S/C19H29N5O2.HI/c1-13-9-7-8-10-15(13)25-14(2)11-21-18(20-6)22-12-16-23-17(26-24-16)19(3,4)5;/h7-10,14H,11-12H2,1-6H3,(H2,20,21,22);1H. The number of aromatic nitrogens is 2. The first-order chi connectivity index (χ1) is 12.3. The summed E-state index contributed by atoms with van der Waals surface area (Å²) in [5, 5.41) is 10.4. The normalized spacial score (nSPS) is 12.9. The van der Waals surface area contributed by atoms with Crippen LogP contribution in [0, 0.1) is 6.92 Å². The zero-order chi connectivity index (χ0) is 19.2. The minimum atomic E-state index is -0.159. The van der Waals surface area contributed by atoms with Crippen LogP contribution in [0.4, 0.5) is 0 Å². The second-order valence-electron chi connectivity index (χ2n) is 7.27. The van der Waals surface area contributed by atoms with E-state index in [1.54, 1.807) is 7.05 Å². The van der Waals surface area contributed by atoms with Crippen molar-refractivity contribution in [2.75, 3.05) is 13.6 Å². The van der Waals surface area contributed by atoms with Crippen LogP contribution < -0.4 is 15.4 Å². The van der Waals surface area contributed by atoms with E-state index in [9.17, 15) is 0 Å². The van der Waals surface area contributed by atoms with Crippen molar-refractivity contribution in [3.05, 3.63) is 41.5 Å². The second-order valence-corrected chi connectivity index (χ2v) is 7.27. The predicted octanol–water partition coefficient (Wildman–Crippen LogP) is 3.43. The molecule has 0 radical (unpaired) electrons. The number of rotatable bonds is 6. The van der Waals surface area contributed by atoms with E-state index in [2.05, 4.69) is 25.8 Å². The summed E-state index contributed by atoms with van der Waals surface area (Å²) in [5.41, 5.74) is 0.960. The molecule has 2 N–H and O–H groups in total. The van der Waals surface area contributed by atoms with Gasteiger partial charge in [-0.2, -0.15) is 4.98 Å². The van der Waals surface area contributed by atoms with Crippen LogP contribution in [0.2, 0.25) is 0 Å². The van der Waals surface area contributed by atoms with Crippen molar-refractivity contribution in [1.29, 1.82) is 0 Å². The van der Waals surface area contributed by atoms with Crippen LogP contribution in [0.5, 0.6) is 5.75 Å². The largest absolute Gasteiger partial charge is 0.489 e. The zero-order valence-electron chi connectivity index (χ0n) is 16.9. The number of aryl methyl sites for hydroxylation is 1. The van der Waals surface area contributed by atoms with Gasteiger partial charge in [-0.3, -0.25) is 4.99 Å². The molecule has 0 spiro atoms. The molecule has 0 aliphatic rings. The Morgan fingerprint density at radius 3 is 2.56 bits per heavy atom. The number of benzene rings is 1. The first-order valence-electron chi connectivity index (χ1n) is 8.79. The van der Waals surface area contributed by atoms with E-state index in [-0.39, 0.29) is 35.5 Å². The third-order valence-corrected chi connectivity index (χ3v) is 3.73. The van der Waals surface area contributed by atoms with Gasteiger partial charge in [0.15, 0.2) is 11.8 Å². The molecule has 1 unspecified atom stereocenters. The molecule has 0 saturated heterocycles. The van der Waals surface area contributed by atoms with Gasteiger partial charge in [0.05, 0.1) is 13.1 Å².